The Morgan fingerprint density at radius 1 is 0.919 bits per heavy atom. The van der Waals surface area contributed by atoms with Crippen molar-refractivity contribution in [2.75, 3.05) is 5.75 Å². The van der Waals surface area contributed by atoms with E-state index in [4.69, 9.17) is 23.4 Å². The Labute approximate surface area is 214 Å². The Bertz CT molecular complexity index is 1250. The molecule has 0 unspecified atom stereocenters. The molecule has 1 aliphatic rings. The number of hydrogen-bond acceptors (Lipinski definition) is 13. The lowest BCUT2D eigenvalue weighted by atomic mass is 10.1. The highest BCUT2D eigenvalue weighted by Crippen LogP contribution is 2.35. The van der Waals surface area contributed by atoms with Crippen LogP contribution in [0.3, 0.4) is 0 Å². The Hall–Kier alpha value is -4.39. The molecule has 196 valence electrons. The van der Waals surface area contributed by atoms with Gasteiger partial charge in [0.2, 0.25) is 0 Å². The van der Waals surface area contributed by atoms with Crippen LogP contribution in [-0.2, 0) is 28.4 Å². The average molecular weight is 534 g/mol. The standard InChI is InChI=1S/C24H22O12S/c1-5-29-22(26)34-17-12-37-21(20(36-24(28)31-7-3)19(17)35-23(27)30-6-2)32-14-8-9-15-13(4)10-18(25)33-16(15)11-14/h5-11,17,19-21H,1-3,12H2,4H3/t17-,19+,20-,21+/m1/s1. The molecule has 0 amide bonds. The third-order valence-corrected chi connectivity index (χ3v) is 6.02. The molecule has 2 heterocycles. The molecule has 0 spiro atoms. The van der Waals surface area contributed by atoms with Gasteiger partial charge < -0.3 is 37.6 Å². The van der Waals surface area contributed by atoms with E-state index in [-0.39, 0.29) is 17.1 Å². The van der Waals surface area contributed by atoms with Crippen LogP contribution in [-0.4, -0.2) is 48.0 Å². The van der Waals surface area contributed by atoms with Crippen LogP contribution in [0.2, 0.25) is 0 Å². The molecule has 13 heteroatoms. The summed E-state index contributed by atoms with van der Waals surface area (Å²) in [5.41, 5.74) is -0.590. The van der Waals surface area contributed by atoms with Gasteiger partial charge in [-0.25, -0.2) is 19.2 Å². The van der Waals surface area contributed by atoms with Crippen molar-refractivity contribution in [3.63, 3.8) is 0 Å². The predicted octanol–water partition coefficient (Wildman–Crippen LogP) is 4.55. The van der Waals surface area contributed by atoms with E-state index in [0.29, 0.717) is 10.9 Å². The van der Waals surface area contributed by atoms with Crippen molar-refractivity contribution in [1.29, 1.82) is 0 Å². The first-order chi connectivity index (χ1) is 17.7. The quantitative estimate of drug-likeness (QED) is 0.202. The number of hydrogen-bond donors (Lipinski definition) is 0. The van der Waals surface area contributed by atoms with Crippen molar-refractivity contribution >= 4 is 41.2 Å². The van der Waals surface area contributed by atoms with E-state index in [0.717, 1.165) is 30.5 Å². The van der Waals surface area contributed by atoms with E-state index in [2.05, 4.69) is 33.9 Å². The van der Waals surface area contributed by atoms with Gasteiger partial charge >= 0.3 is 24.1 Å². The smallest absolute Gasteiger partial charge is 0.476 e. The van der Waals surface area contributed by atoms with Crippen LogP contribution in [0.15, 0.2) is 72.0 Å². The van der Waals surface area contributed by atoms with E-state index in [1.54, 1.807) is 19.1 Å². The fourth-order valence-corrected chi connectivity index (χ4v) is 4.58. The minimum atomic E-state index is -1.44. The van der Waals surface area contributed by atoms with Gasteiger partial charge in [-0.05, 0) is 24.6 Å². The lowest BCUT2D eigenvalue weighted by Crippen LogP contribution is -2.56. The SMILES string of the molecule is C=COC(=O)O[C@@H]1[C@@H](OC(=O)OC=C)[C@@H](Oc2ccc3c(C)cc(=O)oc3c2)SC[C@H]1OC(=O)OC=C. The summed E-state index contributed by atoms with van der Waals surface area (Å²) in [4.78, 5) is 48.0. The van der Waals surface area contributed by atoms with Gasteiger partial charge in [0.25, 0.3) is 0 Å². The molecule has 0 N–H and O–H groups in total. The molecule has 1 saturated heterocycles. The van der Waals surface area contributed by atoms with Gasteiger partial charge in [0, 0.05) is 23.3 Å². The molecule has 0 radical (unpaired) electrons. The number of carbonyl (C=O) groups excluding carboxylic acids is 3. The second kappa shape index (κ2) is 12.5. The van der Waals surface area contributed by atoms with Crippen LogP contribution in [0, 0.1) is 6.92 Å². The lowest BCUT2D eigenvalue weighted by Gasteiger charge is -2.39. The van der Waals surface area contributed by atoms with Crippen LogP contribution < -0.4 is 10.4 Å². The molecular weight excluding hydrogens is 512 g/mol. The lowest BCUT2D eigenvalue weighted by molar-refractivity contribution is -0.112. The van der Waals surface area contributed by atoms with Crippen molar-refractivity contribution in [2.45, 2.75) is 30.7 Å². The summed E-state index contributed by atoms with van der Waals surface area (Å²) in [6.07, 6.45) is -5.06. The molecule has 1 aromatic heterocycles. The van der Waals surface area contributed by atoms with Crippen LogP contribution >= 0.6 is 11.8 Å². The maximum Gasteiger partial charge on any atom is 0.513 e. The maximum absolute atomic E-state index is 12.2. The van der Waals surface area contributed by atoms with Gasteiger partial charge in [0.1, 0.15) is 11.3 Å². The van der Waals surface area contributed by atoms with E-state index in [1.807, 2.05) is 0 Å². The summed E-state index contributed by atoms with van der Waals surface area (Å²) in [6.45, 7) is 11.6. The fourth-order valence-electron chi connectivity index (χ4n) is 3.36. The highest BCUT2D eigenvalue weighted by molar-refractivity contribution is 7.99. The summed E-state index contributed by atoms with van der Waals surface area (Å²) >= 11 is 1.07. The van der Waals surface area contributed by atoms with Gasteiger partial charge in [-0.2, -0.15) is 0 Å². The first kappa shape index (κ1) is 27.2. The third-order valence-electron chi connectivity index (χ3n) is 4.81. The highest BCUT2D eigenvalue weighted by atomic mass is 32.2. The molecule has 37 heavy (non-hydrogen) atoms. The Balaban J connectivity index is 1.95. The average Bonchev–Trinajstić information content (AvgIpc) is 2.82. The molecule has 1 fully saturated rings. The highest BCUT2D eigenvalue weighted by Gasteiger charge is 2.49. The summed E-state index contributed by atoms with van der Waals surface area (Å²) < 4.78 is 40.9. The summed E-state index contributed by atoms with van der Waals surface area (Å²) in [5, 5.41) is 0.688. The second-order valence-electron chi connectivity index (χ2n) is 7.15. The number of carbonyl (C=O) groups is 3. The van der Waals surface area contributed by atoms with Gasteiger partial charge in [-0.15, -0.1) is 11.8 Å². The van der Waals surface area contributed by atoms with Crippen LogP contribution in [0.5, 0.6) is 5.75 Å². The molecule has 1 aliphatic heterocycles. The second-order valence-corrected chi connectivity index (χ2v) is 8.28. The van der Waals surface area contributed by atoms with E-state index in [1.165, 1.54) is 12.1 Å². The van der Waals surface area contributed by atoms with Crippen LogP contribution in [0.4, 0.5) is 14.4 Å². The number of fused-ring (bicyclic) bond motifs is 1. The minimum absolute atomic E-state index is 0.0150. The van der Waals surface area contributed by atoms with Crippen molar-refractivity contribution in [3.8, 4) is 5.75 Å². The zero-order valence-electron chi connectivity index (χ0n) is 19.5. The van der Waals surface area contributed by atoms with Crippen LogP contribution in [0.25, 0.3) is 11.0 Å². The van der Waals surface area contributed by atoms with Gasteiger partial charge in [-0.3, -0.25) is 0 Å². The summed E-state index contributed by atoms with van der Waals surface area (Å²) in [6, 6.07) is 6.14. The number of ether oxygens (including phenoxy) is 7. The molecule has 0 aliphatic carbocycles. The molecule has 2 aromatic rings. The molecule has 4 atom stereocenters. The topological polar surface area (TPSA) is 146 Å². The molecule has 1 aromatic carbocycles. The molecule has 3 rings (SSSR count). The van der Waals surface area contributed by atoms with Gasteiger partial charge in [-0.1, -0.05) is 19.7 Å². The number of thioether (sulfide) groups is 1. The van der Waals surface area contributed by atoms with Crippen LogP contribution in [0.1, 0.15) is 5.56 Å². The third kappa shape index (κ3) is 7.07. The zero-order chi connectivity index (χ0) is 26.9. The first-order valence-electron chi connectivity index (χ1n) is 10.5. The van der Waals surface area contributed by atoms with E-state index >= 15 is 0 Å². The minimum Gasteiger partial charge on any atom is -0.476 e. The Kier molecular flexibility index (Phi) is 9.21. The predicted molar refractivity (Wildman–Crippen MR) is 129 cm³/mol. The van der Waals surface area contributed by atoms with Gasteiger partial charge in [0.05, 0.1) is 18.8 Å². The maximum atomic E-state index is 12.2. The van der Waals surface area contributed by atoms with Crippen molar-refractivity contribution in [2.24, 2.45) is 0 Å². The normalized spacial score (nSPS) is 20.6. The first-order valence-corrected chi connectivity index (χ1v) is 11.6. The summed E-state index contributed by atoms with van der Waals surface area (Å²) in [7, 11) is 0. The van der Waals surface area contributed by atoms with E-state index in [9.17, 15) is 19.2 Å². The van der Waals surface area contributed by atoms with E-state index < -0.39 is 47.8 Å². The fraction of sp³-hybridized carbons (Fsp3) is 0.250. The Morgan fingerprint density at radius 2 is 1.51 bits per heavy atom. The molecular formula is C24H22O12S. The summed E-state index contributed by atoms with van der Waals surface area (Å²) in [5.74, 6) is 0.253. The monoisotopic (exact) mass is 534 g/mol. The number of aryl methyl sites for hydroxylation is 1. The number of benzene rings is 1. The Morgan fingerprint density at radius 3 is 2.14 bits per heavy atom. The molecule has 12 nitrogen and oxygen atoms in total. The zero-order valence-corrected chi connectivity index (χ0v) is 20.3. The largest absolute Gasteiger partial charge is 0.513 e. The van der Waals surface area contributed by atoms with Gasteiger partial charge in [0.15, 0.2) is 23.7 Å². The number of rotatable bonds is 8. The van der Waals surface area contributed by atoms with Crippen molar-refractivity contribution < 1.29 is 52.0 Å². The van der Waals surface area contributed by atoms with Crippen molar-refractivity contribution in [1.82, 2.24) is 0 Å². The molecule has 0 bridgehead atoms. The van der Waals surface area contributed by atoms with Crippen molar-refractivity contribution in [3.05, 3.63) is 78.8 Å². The molecule has 0 saturated carbocycles.